The van der Waals surface area contributed by atoms with Crippen molar-refractivity contribution in [2.45, 2.75) is 57.4 Å². The number of carbonyl (C=O) groups is 1. The molecule has 102 valence electrons. The van der Waals surface area contributed by atoms with E-state index in [1.165, 1.54) is 19.3 Å². The zero-order chi connectivity index (χ0) is 13.0. The van der Waals surface area contributed by atoms with Gasteiger partial charge in [0.05, 0.1) is 0 Å². The normalized spacial score (nSPS) is 22.5. The highest BCUT2D eigenvalue weighted by Crippen LogP contribution is 2.43. The number of rotatable bonds is 6. The molecule has 0 aromatic carbocycles. The third-order valence-electron chi connectivity index (χ3n) is 4.79. The topological polar surface area (TPSA) is 46.3 Å². The highest BCUT2D eigenvalue weighted by Gasteiger charge is 2.39. The molecule has 0 bridgehead atoms. The Morgan fingerprint density at radius 1 is 1.33 bits per heavy atom. The van der Waals surface area contributed by atoms with Crippen molar-refractivity contribution in [1.82, 2.24) is 4.90 Å². The van der Waals surface area contributed by atoms with E-state index >= 15 is 0 Å². The summed E-state index contributed by atoms with van der Waals surface area (Å²) < 4.78 is 0. The number of hydrogen-bond donors (Lipinski definition) is 1. The van der Waals surface area contributed by atoms with E-state index in [-0.39, 0.29) is 5.41 Å². The molecule has 2 aliphatic rings. The van der Waals surface area contributed by atoms with Gasteiger partial charge in [0.1, 0.15) is 0 Å². The van der Waals surface area contributed by atoms with Crippen LogP contribution in [0.4, 0.5) is 0 Å². The SMILES string of the molecule is C=CCN(C(=O)CC1(CN)CCC1)C1CCCC1. The van der Waals surface area contributed by atoms with Gasteiger partial charge in [0.15, 0.2) is 0 Å². The zero-order valence-electron chi connectivity index (χ0n) is 11.4. The molecule has 0 saturated heterocycles. The first-order valence-corrected chi connectivity index (χ1v) is 7.31. The van der Waals surface area contributed by atoms with Gasteiger partial charge in [-0.15, -0.1) is 6.58 Å². The first-order valence-electron chi connectivity index (χ1n) is 7.31. The molecule has 0 unspecified atom stereocenters. The van der Waals surface area contributed by atoms with Crippen LogP contribution in [-0.4, -0.2) is 29.9 Å². The molecule has 0 radical (unpaired) electrons. The molecule has 0 spiro atoms. The van der Waals surface area contributed by atoms with Crippen LogP contribution in [0.5, 0.6) is 0 Å². The van der Waals surface area contributed by atoms with E-state index in [0.29, 0.717) is 31.5 Å². The third-order valence-corrected chi connectivity index (χ3v) is 4.79. The number of hydrogen-bond acceptors (Lipinski definition) is 2. The van der Waals surface area contributed by atoms with Gasteiger partial charge in [-0.05, 0) is 37.6 Å². The van der Waals surface area contributed by atoms with Crippen LogP contribution in [0.2, 0.25) is 0 Å². The minimum Gasteiger partial charge on any atom is -0.336 e. The van der Waals surface area contributed by atoms with Gasteiger partial charge in [-0.3, -0.25) is 4.79 Å². The number of nitrogens with zero attached hydrogens (tertiary/aromatic N) is 1. The first-order chi connectivity index (χ1) is 8.71. The maximum atomic E-state index is 12.5. The second-order valence-corrected chi connectivity index (χ2v) is 6.01. The molecule has 3 heteroatoms. The number of amides is 1. The lowest BCUT2D eigenvalue weighted by Crippen LogP contribution is -2.46. The second kappa shape index (κ2) is 5.87. The Hall–Kier alpha value is -0.830. The van der Waals surface area contributed by atoms with Crippen molar-refractivity contribution in [2.24, 2.45) is 11.1 Å². The molecule has 2 fully saturated rings. The minimum atomic E-state index is 0.120. The average molecular weight is 250 g/mol. The third kappa shape index (κ3) is 2.77. The quantitative estimate of drug-likeness (QED) is 0.736. The van der Waals surface area contributed by atoms with E-state index in [9.17, 15) is 4.79 Å². The first kappa shape index (κ1) is 13.6. The van der Waals surface area contributed by atoms with Crippen molar-refractivity contribution < 1.29 is 4.79 Å². The van der Waals surface area contributed by atoms with Crippen LogP contribution in [-0.2, 0) is 4.79 Å². The lowest BCUT2D eigenvalue weighted by Gasteiger charge is -2.42. The Morgan fingerprint density at radius 2 is 2.00 bits per heavy atom. The smallest absolute Gasteiger partial charge is 0.223 e. The molecule has 2 rings (SSSR count). The van der Waals surface area contributed by atoms with Gasteiger partial charge in [0, 0.05) is 19.0 Å². The second-order valence-electron chi connectivity index (χ2n) is 6.01. The summed E-state index contributed by atoms with van der Waals surface area (Å²) in [5.41, 5.74) is 5.97. The highest BCUT2D eigenvalue weighted by molar-refractivity contribution is 5.77. The lowest BCUT2D eigenvalue weighted by atomic mass is 9.66. The highest BCUT2D eigenvalue weighted by atomic mass is 16.2. The fourth-order valence-corrected chi connectivity index (χ4v) is 3.36. The van der Waals surface area contributed by atoms with E-state index in [1.54, 1.807) is 0 Å². The van der Waals surface area contributed by atoms with Crippen molar-refractivity contribution in [3.05, 3.63) is 12.7 Å². The van der Waals surface area contributed by atoms with E-state index in [4.69, 9.17) is 5.73 Å². The summed E-state index contributed by atoms with van der Waals surface area (Å²) in [6.45, 7) is 5.14. The molecule has 3 nitrogen and oxygen atoms in total. The summed E-state index contributed by atoms with van der Waals surface area (Å²) in [7, 11) is 0. The molecule has 0 aromatic rings. The summed E-state index contributed by atoms with van der Waals surface area (Å²) in [4.78, 5) is 14.6. The van der Waals surface area contributed by atoms with Crippen LogP contribution in [0, 0.1) is 5.41 Å². The summed E-state index contributed by atoms with van der Waals surface area (Å²) in [5.74, 6) is 0.298. The Kier molecular flexibility index (Phi) is 4.44. The van der Waals surface area contributed by atoms with E-state index in [0.717, 1.165) is 25.7 Å². The summed E-state index contributed by atoms with van der Waals surface area (Å²) in [6, 6.07) is 0.449. The van der Waals surface area contributed by atoms with Crippen molar-refractivity contribution >= 4 is 5.91 Å². The zero-order valence-corrected chi connectivity index (χ0v) is 11.4. The van der Waals surface area contributed by atoms with Crippen molar-refractivity contribution in [3.8, 4) is 0 Å². The van der Waals surface area contributed by atoms with Crippen molar-refractivity contribution in [3.63, 3.8) is 0 Å². The summed E-state index contributed by atoms with van der Waals surface area (Å²) in [5, 5.41) is 0. The fraction of sp³-hybridized carbons (Fsp3) is 0.800. The standard InChI is InChI=1S/C15H26N2O/c1-2-10-17(13-6-3-4-7-13)14(18)11-15(12-16)8-5-9-15/h2,13H,1,3-12,16H2. The largest absolute Gasteiger partial charge is 0.336 e. The molecular weight excluding hydrogens is 224 g/mol. The molecule has 0 aromatic heterocycles. The average Bonchev–Trinajstić information content (AvgIpc) is 2.84. The molecule has 2 aliphatic carbocycles. The molecule has 0 aliphatic heterocycles. The number of nitrogens with two attached hydrogens (primary N) is 1. The van der Waals surface area contributed by atoms with Gasteiger partial charge in [0.2, 0.25) is 5.91 Å². The van der Waals surface area contributed by atoms with Crippen LogP contribution >= 0.6 is 0 Å². The maximum Gasteiger partial charge on any atom is 0.223 e. The molecule has 2 N–H and O–H groups in total. The number of carbonyl (C=O) groups excluding carboxylic acids is 1. The van der Waals surface area contributed by atoms with Crippen LogP contribution in [0.15, 0.2) is 12.7 Å². The van der Waals surface area contributed by atoms with E-state index in [2.05, 4.69) is 11.5 Å². The van der Waals surface area contributed by atoms with Gasteiger partial charge >= 0.3 is 0 Å². The van der Waals surface area contributed by atoms with Crippen LogP contribution in [0.1, 0.15) is 51.4 Å². The monoisotopic (exact) mass is 250 g/mol. The van der Waals surface area contributed by atoms with E-state index in [1.807, 2.05) is 6.08 Å². The fourth-order valence-electron chi connectivity index (χ4n) is 3.36. The summed E-state index contributed by atoms with van der Waals surface area (Å²) in [6.07, 6.45) is 10.8. The van der Waals surface area contributed by atoms with Gasteiger partial charge in [0.25, 0.3) is 0 Å². The predicted molar refractivity (Wildman–Crippen MR) is 74.1 cm³/mol. The molecule has 0 heterocycles. The molecule has 0 atom stereocenters. The Morgan fingerprint density at radius 3 is 2.44 bits per heavy atom. The maximum absolute atomic E-state index is 12.5. The van der Waals surface area contributed by atoms with Crippen LogP contribution in [0.3, 0.4) is 0 Å². The van der Waals surface area contributed by atoms with Crippen molar-refractivity contribution in [1.29, 1.82) is 0 Å². The minimum absolute atomic E-state index is 0.120. The predicted octanol–water partition coefficient (Wildman–Crippen LogP) is 2.46. The Bertz CT molecular complexity index is 298. The molecule has 2 saturated carbocycles. The van der Waals surface area contributed by atoms with Crippen molar-refractivity contribution in [2.75, 3.05) is 13.1 Å². The Balaban J connectivity index is 1.96. The lowest BCUT2D eigenvalue weighted by molar-refractivity contribution is -0.136. The van der Waals surface area contributed by atoms with Gasteiger partial charge in [-0.1, -0.05) is 25.3 Å². The van der Waals surface area contributed by atoms with Crippen LogP contribution in [0.25, 0.3) is 0 Å². The van der Waals surface area contributed by atoms with E-state index < -0.39 is 0 Å². The molecular formula is C15H26N2O. The summed E-state index contributed by atoms with van der Waals surface area (Å²) >= 11 is 0. The van der Waals surface area contributed by atoms with Gasteiger partial charge in [-0.2, -0.15) is 0 Å². The molecule has 1 amide bonds. The molecule has 18 heavy (non-hydrogen) atoms. The Labute approximate surface area is 110 Å². The van der Waals surface area contributed by atoms with Crippen LogP contribution < -0.4 is 5.73 Å². The van der Waals surface area contributed by atoms with Gasteiger partial charge < -0.3 is 10.6 Å². The van der Waals surface area contributed by atoms with Gasteiger partial charge in [-0.25, -0.2) is 0 Å².